The van der Waals surface area contributed by atoms with Crippen molar-refractivity contribution in [2.24, 2.45) is 0 Å². The molecule has 2 aromatic heterocycles. The number of nitrogens with zero attached hydrogens (tertiary/aromatic N) is 2. The van der Waals surface area contributed by atoms with Crippen LogP contribution in [0.1, 0.15) is 0 Å². The van der Waals surface area contributed by atoms with Crippen LogP contribution in [0.15, 0.2) is 206 Å². The second-order valence-electron chi connectivity index (χ2n) is 15.0. The number of aromatic nitrogens is 2. The van der Waals surface area contributed by atoms with Gasteiger partial charge < -0.3 is 4.57 Å². The molecule has 57 heavy (non-hydrogen) atoms. The minimum Gasteiger partial charge on any atom is -0.309 e. The molecule has 12 aromatic rings. The Morgan fingerprint density at radius 3 is 1.63 bits per heavy atom. The lowest BCUT2D eigenvalue weighted by molar-refractivity contribution is 1.19. The average Bonchev–Trinajstić information content (AvgIpc) is 3.62. The molecule has 0 saturated heterocycles. The van der Waals surface area contributed by atoms with E-state index in [0.29, 0.717) is 0 Å². The van der Waals surface area contributed by atoms with Crippen molar-refractivity contribution in [1.29, 1.82) is 0 Å². The molecule has 12 rings (SSSR count). The molecule has 0 N–H and O–H groups in total. The molecule has 0 aliphatic carbocycles. The zero-order valence-electron chi connectivity index (χ0n) is 31.0. The average molecular weight is 723 g/mol. The van der Waals surface area contributed by atoms with Crippen LogP contribution in [0.2, 0.25) is 0 Å². The second-order valence-corrected chi connectivity index (χ2v) is 15.0. The Kier molecular flexibility index (Phi) is 6.96. The van der Waals surface area contributed by atoms with Crippen molar-refractivity contribution in [3.8, 4) is 39.2 Å². The number of fused-ring (bicyclic) bond motifs is 10. The summed E-state index contributed by atoms with van der Waals surface area (Å²) in [6.45, 7) is 0. The maximum absolute atomic E-state index is 5.40. The molecule has 0 radical (unpaired) electrons. The predicted octanol–water partition coefficient (Wildman–Crippen LogP) is 14.9. The zero-order valence-corrected chi connectivity index (χ0v) is 31.0. The third-order valence-electron chi connectivity index (χ3n) is 11.9. The highest BCUT2D eigenvalue weighted by molar-refractivity contribution is 6.26. The highest BCUT2D eigenvalue weighted by Crippen LogP contribution is 2.46. The van der Waals surface area contributed by atoms with Gasteiger partial charge in [0.05, 0.1) is 22.2 Å². The number of hydrogen-bond donors (Lipinski definition) is 0. The molecule has 10 aromatic carbocycles. The maximum atomic E-state index is 5.40. The molecule has 0 unspecified atom stereocenters. The van der Waals surface area contributed by atoms with Gasteiger partial charge in [-0.3, -0.25) is 0 Å². The van der Waals surface area contributed by atoms with Gasteiger partial charge in [0, 0.05) is 32.8 Å². The number of benzene rings is 10. The van der Waals surface area contributed by atoms with E-state index in [9.17, 15) is 0 Å². The fourth-order valence-electron chi connectivity index (χ4n) is 9.47. The van der Waals surface area contributed by atoms with Gasteiger partial charge in [-0.1, -0.05) is 176 Å². The lowest BCUT2D eigenvalue weighted by Crippen LogP contribution is -1.98. The topological polar surface area (TPSA) is 17.8 Å². The van der Waals surface area contributed by atoms with E-state index in [1.165, 1.54) is 81.8 Å². The fourth-order valence-corrected chi connectivity index (χ4v) is 9.47. The Morgan fingerprint density at radius 2 is 0.895 bits per heavy atom. The van der Waals surface area contributed by atoms with Crippen molar-refractivity contribution >= 4 is 75.8 Å². The Hall–Kier alpha value is -7.55. The summed E-state index contributed by atoms with van der Waals surface area (Å²) in [6, 6.07) is 75.2. The van der Waals surface area contributed by atoms with Gasteiger partial charge in [-0.2, -0.15) is 0 Å². The Labute approximate surface area is 329 Å². The van der Waals surface area contributed by atoms with Crippen LogP contribution in [0.4, 0.5) is 0 Å². The summed E-state index contributed by atoms with van der Waals surface area (Å²) in [5.41, 5.74) is 11.5. The molecule has 0 aliphatic rings. The summed E-state index contributed by atoms with van der Waals surface area (Å²) < 4.78 is 2.48. The van der Waals surface area contributed by atoms with Crippen LogP contribution >= 0.6 is 0 Å². The number of pyridine rings is 1. The monoisotopic (exact) mass is 722 g/mol. The quantitative estimate of drug-likeness (QED) is 0.131. The lowest BCUT2D eigenvalue weighted by Gasteiger charge is -2.19. The molecular formula is C55H34N2. The molecule has 0 amide bonds. The van der Waals surface area contributed by atoms with Gasteiger partial charge in [-0.25, -0.2) is 4.98 Å². The van der Waals surface area contributed by atoms with Crippen LogP contribution in [0.3, 0.4) is 0 Å². The van der Waals surface area contributed by atoms with Crippen molar-refractivity contribution in [3.63, 3.8) is 0 Å². The van der Waals surface area contributed by atoms with E-state index in [1.807, 2.05) is 0 Å². The van der Waals surface area contributed by atoms with Crippen molar-refractivity contribution < 1.29 is 0 Å². The molecular weight excluding hydrogens is 689 g/mol. The second kappa shape index (κ2) is 12.5. The van der Waals surface area contributed by atoms with Crippen LogP contribution in [0.5, 0.6) is 0 Å². The van der Waals surface area contributed by atoms with Crippen molar-refractivity contribution in [2.45, 2.75) is 0 Å². The van der Waals surface area contributed by atoms with E-state index in [-0.39, 0.29) is 0 Å². The smallest absolute Gasteiger partial charge is 0.0809 e. The van der Waals surface area contributed by atoms with Gasteiger partial charge in [-0.15, -0.1) is 0 Å². The van der Waals surface area contributed by atoms with Crippen molar-refractivity contribution in [3.05, 3.63) is 206 Å². The third kappa shape index (κ3) is 4.81. The van der Waals surface area contributed by atoms with Crippen LogP contribution < -0.4 is 0 Å². The van der Waals surface area contributed by atoms with Crippen LogP contribution in [-0.4, -0.2) is 9.55 Å². The van der Waals surface area contributed by atoms with Crippen molar-refractivity contribution in [2.75, 3.05) is 0 Å². The van der Waals surface area contributed by atoms with E-state index >= 15 is 0 Å². The molecule has 0 aliphatic heterocycles. The van der Waals surface area contributed by atoms with E-state index in [2.05, 4.69) is 211 Å². The highest BCUT2D eigenvalue weighted by Gasteiger charge is 2.22. The highest BCUT2D eigenvalue weighted by atomic mass is 15.0. The number of hydrogen-bond acceptors (Lipinski definition) is 1. The standard InChI is InChI=1S/C55H34N2/c1-2-16-36(17-3-1)54-53-47(41-21-10-12-27-49(41)56-54)31-32-48-42-22-11-13-28-50(42)57(55(48)53)40-20-14-19-38(34-40)51-43-23-6-8-25-45(43)52(46-26-9-7-24-44(46)51)39-30-29-35-15-4-5-18-37(35)33-39/h1-34H. The minimum absolute atomic E-state index is 0.997. The minimum atomic E-state index is 0.997. The molecule has 264 valence electrons. The Morgan fingerprint density at radius 1 is 0.333 bits per heavy atom. The summed E-state index contributed by atoms with van der Waals surface area (Å²) >= 11 is 0. The van der Waals surface area contributed by atoms with Crippen LogP contribution in [-0.2, 0) is 0 Å². The van der Waals surface area contributed by atoms with Crippen molar-refractivity contribution in [1.82, 2.24) is 9.55 Å². The molecule has 0 spiro atoms. The van der Waals surface area contributed by atoms with Crippen LogP contribution in [0.25, 0.3) is 115 Å². The summed E-state index contributed by atoms with van der Waals surface area (Å²) in [4.78, 5) is 5.40. The van der Waals surface area contributed by atoms with Gasteiger partial charge in [0.1, 0.15) is 0 Å². The van der Waals surface area contributed by atoms with Gasteiger partial charge >= 0.3 is 0 Å². The van der Waals surface area contributed by atoms with E-state index < -0.39 is 0 Å². The van der Waals surface area contributed by atoms with E-state index in [0.717, 1.165) is 33.2 Å². The molecule has 2 nitrogen and oxygen atoms in total. The summed E-state index contributed by atoms with van der Waals surface area (Å²) in [7, 11) is 0. The third-order valence-corrected chi connectivity index (χ3v) is 11.9. The van der Waals surface area contributed by atoms with Gasteiger partial charge in [-0.05, 0) is 90.3 Å². The number of para-hydroxylation sites is 2. The molecule has 0 saturated carbocycles. The van der Waals surface area contributed by atoms with Gasteiger partial charge in [0.2, 0.25) is 0 Å². The predicted molar refractivity (Wildman–Crippen MR) is 242 cm³/mol. The molecule has 0 fully saturated rings. The lowest BCUT2D eigenvalue weighted by atomic mass is 9.85. The zero-order chi connectivity index (χ0) is 37.5. The maximum Gasteiger partial charge on any atom is 0.0809 e. The molecule has 0 bridgehead atoms. The number of rotatable bonds is 4. The first-order valence-corrected chi connectivity index (χ1v) is 19.6. The first-order chi connectivity index (χ1) is 28.3. The first-order valence-electron chi connectivity index (χ1n) is 19.6. The summed E-state index contributed by atoms with van der Waals surface area (Å²) in [5.74, 6) is 0. The largest absolute Gasteiger partial charge is 0.309 e. The van der Waals surface area contributed by atoms with E-state index in [1.54, 1.807) is 0 Å². The van der Waals surface area contributed by atoms with Crippen LogP contribution in [0, 0.1) is 0 Å². The fraction of sp³-hybridized carbons (Fsp3) is 0. The summed E-state index contributed by atoms with van der Waals surface area (Å²) in [6.07, 6.45) is 0. The van der Waals surface area contributed by atoms with Gasteiger partial charge in [0.25, 0.3) is 0 Å². The first kappa shape index (κ1) is 31.8. The molecule has 2 heteroatoms. The SMILES string of the molecule is c1ccc(-c2nc3ccccc3c3ccc4c5ccccc5n(-c5cccc(-c6c7ccccc7c(-c7ccc8ccccc8c7)c7ccccc67)c5)c4c23)cc1. The molecule has 0 atom stereocenters. The molecule has 2 heterocycles. The van der Waals surface area contributed by atoms with Gasteiger partial charge in [0.15, 0.2) is 0 Å². The Bertz CT molecular complexity index is 3520. The van der Waals surface area contributed by atoms with E-state index in [4.69, 9.17) is 4.98 Å². The Balaban J connectivity index is 1.17. The normalized spacial score (nSPS) is 11.9. The summed E-state index contributed by atoms with van der Waals surface area (Å²) in [5, 5.41) is 13.4.